The quantitative estimate of drug-likeness (QED) is 0.812. The Morgan fingerprint density at radius 2 is 1.77 bits per heavy atom. The minimum atomic E-state index is -0.168. The number of rotatable bonds is 7. The van der Waals surface area contributed by atoms with Gasteiger partial charge in [-0.1, -0.05) is 27.7 Å². The Balaban J connectivity index is 1.99. The van der Waals surface area contributed by atoms with Gasteiger partial charge in [-0.15, -0.1) is 0 Å². The monoisotopic (exact) mass is 361 g/mol. The Morgan fingerprint density at radius 3 is 2.27 bits per heavy atom. The Morgan fingerprint density at radius 1 is 1.19 bits per heavy atom. The van der Waals surface area contributed by atoms with Crippen molar-refractivity contribution in [3.05, 3.63) is 24.3 Å². The first kappa shape index (κ1) is 20.1. The highest BCUT2D eigenvalue weighted by atomic mass is 16.5. The summed E-state index contributed by atoms with van der Waals surface area (Å²) in [5, 5.41) is 3.04. The van der Waals surface area contributed by atoms with Crippen LogP contribution in [-0.2, 0) is 4.79 Å². The van der Waals surface area contributed by atoms with Crippen LogP contribution < -0.4 is 15.0 Å². The minimum absolute atomic E-state index is 0.0275. The van der Waals surface area contributed by atoms with E-state index in [-0.39, 0.29) is 18.0 Å². The number of hydrogen-bond donors (Lipinski definition) is 1. The number of methoxy groups -OCH3 is 1. The normalized spacial score (nSPS) is 17.1. The van der Waals surface area contributed by atoms with Gasteiger partial charge >= 0.3 is 6.03 Å². The van der Waals surface area contributed by atoms with E-state index in [0.717, 1.165) is 11.4 Å². The summed E-state index contributed by atoms with van der Waals surface area (Å²) in [6.07, 6.45) is 0.328. The molecule has 26 heavy (non-hydrogen) atoms. The highest BCUT2D eigenvalue weighted by molar-refractivity contribution is 5.96. The number of carbonyl (C=O) groups excluding carboxylic acids is 2. The van der Waals surface area contributed by atoms with Crippen LogP contribution in [0.25, 0.3) is 0 Å². The maximum absolute atomic E-state index is 12.7. The van der Waals surface area contributed by atoms with Crippen LogP contribution in [0.15, 0.2) is 24.3 Å². The van der Waals surface area contributed by atoms with Crippen molar-refractivity contribution in [2.75, 3.05) is 31.6 Å². The first-order valence-corrected chi connectivity index (χ1v) is 9.30. The van der Waals surface area contributed by atoms with E-state index in [4.69, 9.17) is 4.74 Å². The number of ether oxygens (including phenoxy) is 1. The lowest BCUT2D eigenvalue weighted by Gasteiger charge is -2.28. The smallest absolute Gasteiger partial charge is 0.317 e. The van der Waals surface area contributed by atoms with Crippen LogP contribution in [-0.4, -0.2) is 49.6 Å². The summed E-state index contributed by atoms with van der Waals surface area (Å²) in [5.74, 6) is 1.59. The first-order chi connectivity index (χ1) is 12.3. The molecule has 1 aromatic rings. The molecular weight excluding hydrogens is 330 g/mol. The maximum Gasteiger partial charge on any atom is 0.317 e. The largest absolute Gasteiger partial charge is 0.497 e. The molecule has 2 rings (SSSR count). The van der Waals surface area contributed by atoms with Crippen molar-refractivity contribution in [3.8, 4) is 5.75 Å². The number of amides is 3. The summed E-state index contributed by atoms with van der Waals surface area (Å²) < 4.78 is 5.16. The molecule has 0 aromatic heterocycles. The fourth-order valence-corrected chi connectivity index (χ4v) is 3.20. The van der Waals surface area contributed by atoms with E-state index >= 15 is 0 Å². The lowest BCUT2D eigenvalue weighted by atomic mass is 10.1. The third-order valence-electron chi connectivity index (χ3n) is 4.30. The summed E-state index contributed by atoms with van der Waals surface area (Å²) in [6.45, 7) is 10.3. The van der Waals surface area contributed by atoms with Crippen LogP contribution in [0.5, 0.6) is 5.75 Å². The van der Waals surface area contributed by atoms with Crippen LogP contribution in [0.3, 0.4) is 0 Å². The SMILES string of the molecule is COc1ccc(N2CC(NC(=O)N(CC(C)C)CC(C)C)CC2=O)cc1. The molecule has 1 fully saturated rings. The van der Waals surface area contributed by atoms with E-state index in [0.29, 0.717) is 37.9 Å². The van der Waals surface area contributed by atoms with Crippen molar-refractivity contribution in [3.63, 3.8) is 0 Å². The topological polar surface area (TPSA) is 61.9 Å². The van der Waals surface area contributed by atoms with Crippen molar-refractivity contribution in [1.29, 1.82) is 0 Å². The third kappa shape index (κ3) is 5.38. The molecule has 6 heteroatoms. The minimum Gasteiger partial charge on any atom is -0.497 e. The van der Waals surface area contributed by atoms with Crippen LogP contribution in [0.1, 0.15) is 34.1 Å². The summed E-state index contributed by atoms with van der Waals surface area (Å²) in [7, 11) is 1.61. The molecule has 0 saturated carbocycles. The molecule has 0 bridgehead atoms. The second kappa shape index (κ2) is 8.92. The zero-order valence-corrected chi connectivity index (χ0v) is 16.5. The molecular formula is C20H31N3O3. The van der Waals surface area contributed by atoms with Crippen molar-refractivity contribution in [2.45, 2.75) is 40.2 Å². The predicted octanol–water partition coefficient (Wildman–Crippen LogP) is 3.12. The van der Waals surface area contributed by atoms with E-state index in [9.17, 15) is 9.59 Å². The van der Waals surface area contributed by atoms with Crippen molar-refractivity contribution >= 4 is 17.6 Å². The molecule has 1 aliphatic rings. The molecule has 1 saturated heterocycles. The van der Waals surface area contributed by atoms with Gasteiger partial charge in [-0.25, -0.2) is 4.79 Å². The number of benzene rings is 1. The van der Waals surface area contributed by atoms with Gasteiger partial charge in [0.25, 0.3) is 0 Å². The van der Waals surface area contributed by atoms with Gasteiger partial charge in [-0.2, -0.15) is 0 Å². The Bertz CT molecular complexity index is 603. The molecule has 1 heterocycles. The second-order valence-corrected chi connectivity index (χ2v) is 7.75. The molecule has 0 radical (unpaired) electrons. The van der Waals surface area contributed by atoms with Crippen molar-refractivity contribution in [1.82, 2.24) is 10.2 Å². The molecule has 1 atom stereocenters. The van der Waals surface area contributed by atoms with E-state index in [1.54, 1.807) is 12.0 Å². The average Bonchev–Trinajstić information content (AvgIpc) is 2.93. The molecule has 1 aromatic carbocycles. The van der Waals surface area contributed by atoms with Gasteiger partial charge in [-0.3, -0.25) is 4.79 Å². The molecule has 6 nitrogen and oxygen atoms in total. The third-order valence-corrected chi connectivity index (χ3v) is 4.30. The lowest BCUT2D eigenvalue weighted by molar-refractivity contribution is -0.117. The molecule has 1 unspecified atom stereocenters. The highest BCUT2D eigenvalue weighted by Crippen LogP contribution is 2.24. The van der Waals surface area contributed by atoms with Gasteiger partial charge in [-0.05, 0) is 36.1 Å². The van der Waals surface area contributed by atoms with Gasteiger partial charge in [0.15, 0.2) is 0 Å². The number of nitrogens with zero attached hydrogens (tertiary/aromatic N) is 2. The summed E-state index contributed by atoms with van der Waals surface area (Å²) in [5.41, 5.74) is 0.828. The molecule has 0 aliphatic carbocycles. The Kier molecular flexibility index (Phi) is 6.89. The molecule has 1 aliphatic heterocycles. The Hall–Kier alpha value is -2.24. The number of nitrogens with one attached hydrogen (secondary N) is 1. The number of urea groups is 1. The van der Waals surface area contributed by atoms with Crippen LogP contribution in [0.2, 0.25) is 0 Å². The summed E-state index contributed by atoms with van der Waals surface area (Å²) in [6, 6.07) is 7.15. The molecule has 3 amide bonds. The van der Waals surface area contributed by atoms with Crippen molar-refractivity contribution < 1.29 is 14.3 Å². The van der Waals surface area contributed by atoms with E-state index in [1.165, 1.54) is 0 Å². The first-order valence-electron chi connectivity index (χ1n) is 9.30. The van der Waals surface area contributed by atoms with Gasteiger partial charge in [0.1, 0.15) is 5.75 Å². The highest BCUT2D eigenvalue weighted by Gasteiger charge is 2.32. The van der Waals surface area contributed by atoms with E-state index in [2.05, 4.69) is 33.0 Å². The van der Waals surface area contributed by atoms with Gasteiger partial charge in [0, 0.05) is 31.7 Å². The molecule has 144 valence electrons. The lowest BCUT2D eigenvalue weighted by Crippen LogP contribution is -2.48. The van der Waals surface area contributed by atoms with Crippen LogP contribution >= 0.6 is 0 Å². The number of anilines is 1. The summed E-state index contributed by atoms with van der Waals surface area (Å²) in [4.78, 5) is 28.6. The summed E-state index contributed by atoms with van der Waals surface area (Å²) >= 11 is 0. The zero-order valence-electron chi connectivity index (χ0n) is 16.5. The van der Waals surface area contributed by atoms with Gasteiger partial charge in [0.2, 0.25) is 5.91 Å². The standard InChI is InChI=1S/C20H31N3O3/c1-14(2)11-22(12-15(3)4)20(25)21-16-10-19(24)23(13-16)17-6-8-18(26-5)9-7-17/h6-9,14-16H,10-13H2,1-5H3,(H,21,25). The van der Waals surface area contributed by atoms with Crippen LogP contribution in [0.4, 0.5) is 10.5 Å². The zero-order chi connectivity index (χ0) is 19.3. The fraction of sp³-hybridized carbons (Fsp3) is 0.600. The number of hydrogen-bond acceptors (Lipinski definition) is 3. The maximum atomic E-state index is 12.7. The van der Waals surface area contributed by atoms with Crippen molar-refractivity contribution in [2.24, 2.45) is 11.8 Å². The molecule has 0 spiro atoms. The Labute approximate surface area is 156 Å². The average molecular weight is 361 g/mol. The fourth-order valence-electron chi connectivity index (χ4n) is 3.20. The van der Waals surface area contributed by atoms with Crippen LogP contribution in [0, 0.1) is 11.8 Å². The van der Waals surface area contributed by atoms with Gasteiger partial charge in [0.05, 0.1) is 13.2 Å². The predicted molar refractivity (Wildman–Crippen MR) is 104 cm³/mol. The number of carbonyl (C=O) groups is 2. The van der Waals surface area contributed by atoms with Gasteiger partial charge < -0.3 is 19.9 Å². The van der Waals surface area contributed by atoms with E-state index in [1.807, 2.05) is 29.2 Å². The molecule has 1 N–H and O–H groups in total. The second-order valence-electron chi connectivity index (χ2n) is 7.75. The van der Waals surface area contributed by atoms with E-state index < -0.39 is 0 Å².